The lowest BCUT2D eigenvalue weighted by molar-refractivity contribution is 0.00711. The fraction of sp³-hybridized carbons (Fsp3) is 1.00. The van der Waals surface area contributed by atoms with Gasteiger partial charge in [0.05, 0.1) is 0 Å². The number of hydrogen-bond acceptors (Lipinski definition) is 3. The Hall–Kier alpha value is -0.120. The normalized spacial score (nSPS) is 37.6. The van der Waals surface area contributed by atoms with E-state index < -0.39 is 0 Å². The molecule has 3 aliphatic rings. The molecule has 110 valence electrons. The second kappa shape index (κ2) is 5.71. The summed E-state index contributed by atoms with van der Waals surface area (Å²) in [6.45, 7) is 7.48. The van der Waals surface area contributed by atoms with E-state index >= 15 is 0 Å². The van der Waals surface area contributed by atoms with Crippen LogP contribution < -0.4 is 5.32 Å². The second-order valence-corrected chi connectivity index (χ2v) is 7.30. The summed E-state index contributed by atoms with van der Waals surface area (Å²) in [4.78, 5) is 5.37. The lowest BCUT2D eigenvalue weighted by Gasteiger charge is -2.52. The molecule has 2 atom stereocenters. The van der Waals surface area contributed by atoms with Crippen molar-refractivity contribution in [1.82, 2.24) is 15.1 Å². The standard InChI is InChI=1S/C16H31N3/c1-14-11-17-16(8-4-3-5-9-16)13-19(14)15-7-6-10-18(2)12-15/h14-15,17H,3-13H2,1-2H3. The van der Waals surface area contributed by atoms with Gasteiger partial charge < -0.3 is 10.2 Å². The van der Waals surface area contributed by atoms with Gasteiger partial charge in [0, 0.05) is 37.3 Å². The lowest BCUT2D eigenvalue weighted by atomic mass is 9.79. The van der Waals surface area contributed by atoms with Gasteiger partial charge in [-0.15, -0.1) is 0 Å². The SMILES string of the molecule is CC1CNC2(CCCCC2)CN1C1CCCN(C)C1. The highest BCUT2D eigenvalue weighted by Crippen LogP contribution is 2.33. The van der Waals surface area contributed by atoms with Crippen molar-refractivity contribution in [2.45, 2.75) is 69.5 Å². The van der Waals surface area contributed by atoms with E-state index in [4.69, 9.17) is 0 Å². The summed E-state index contributed by atoms with van der Waals surface area (Å²) in [6.07, 6.45) is 9.90. The van der Waals surface area contributed by atoms with Crippen LogP contribution in [0.25, 0.3) is 0 Å². The summed E-state index contributed by atoms with van der Waals surface area (Å²) >= 11 is 0. The molecule has 0 aromatic carbocycles. The summed E-state index contributed by atoms with van der Waals surface area (Å²) in [5.41, 5.74) is 0.459. The molecule has 0 bridgehead atoms. The van der Waals surface area contributed by atoms with E-state index in [1.54, 1.807) is 0 Å². The van der Waals surface area contributed by atoms with E-state index in [-0.39, 0.29) is 0 Å². The van der Waals surface area contributed by atoms with Gasteiger partial charge in [-0.05, 0) is 46.2 Å². The highest BCUT2D eigenvalue weighted by Gasteiger charge is 2.41. The lowest BCUT2D eigenvalue weighted by Crippen LogP contribution is -2.67. The number of piperazine rings is 1. The molecule has 0 aromatic rings. The Labute approximate surface area is 118 Å². The smallest absolute Gasteiger partial charge is 0.0309 e. The molecular formula is C16H31N3. The minimum atomic E-state index is 0.459. The molecule has 2 heterocycles. The van der Waals surface area contributed by atoms with E-state index in [1.807, 2.05) is 0 Å². The molecule has 3 fully saturated rings. The number of likely N-dealkylation sites (N-methyl/N-ethyl adjacent to an activating group) is 1. The Kier molecular flexibility index (Phi) is 4.16. The summed E-state index contributed by atoms with van der Waals surface area (Å²) in [5.74, 6) is 0. The molecule has 0 aromatic heterocycles. The highest BCUT2D eigenvalue weighted by molar-refractivity contribution is 5.01. The molecule has 2 saturated heterocycles. The first-order valence-corrected chi connectivity index (χ1v) is 8.38. The number of hydrogen-bond donors (Lipinski definition) is 1. The largest absolute Gasteiger partial charge is 0.308 e. The van der Waals surface area contributed by atoms with Crippen molar-refractivity contribution in [1.29, 1.82) is 0 Å². The van der Waals surface area contributed by atoms with Crippen molar-refractivity contribution in [3.8, 4) is 0 Å². The second-order valence-electron chi connectivity index (χ2n) is 7.30. The molecule has 1 aliphatic carbocycles. The number of nitrogens with zero attached hydrogens (tertiary/aromatic N) is 2. The van der Waals surface area contributed by atoms with Gasteiger partial charge in [-0.2, -0.15) is 0 Å². The Bertz CT molecular complexity index is 298. The maximum absolute atomic E-state index is 3.91. The van der Waals surface area contributed by atoms with Crippen LogP contribution in [0.5, 0.6) is 0 Å². The molecule has 19 heavy (non-hydrogen) atoms. The average Bonchev–Trinajstić information content (AvgIpc) is 2.43. The first-order valence-electron chi connectivity index (χ1n) is 8.38. The summed E-state index contributed by atoms with van der Waals surface area (Å²) < 4.78 is 0. The number of nitrogens with one attached hydrogen (secondary N) is 1. The van der Waals surface area contributed by atoms with Gasteiger partial charge in [0.15, 0.2) is 0 Å². The quantitative estimate of drug-likeness (QED) is 0.783. The number of rotatable bonds is 1. The molecular weight excluding hydrogens is 234 g/mol. The number of piperidine rings is 1. The minimum Gasteiger partial charge on any atom is -0.308 e. The first-order chi connectivity index (χ1) is 9.19. The van der Waals surface area contributed by atoms with Crippen LogP contribution in [0.2, 0.25) is 0 Å². The summed E-state index contributed by atoms with van der Waals surface area (Å²) in [5, 5.41) is 3.91. The Morgan fingerprint density at radius 2 is 1.89 bits per heavy atom. The molecule has 1 saturated carbocycles. The molecule has 0 radical (unpaired) electrons. The fourth-order valence-corrected chi connectivity index (χ4v) is 4.50. The molecule has 2 aliphatic heterocycles. The molecule has 3 rings (SSSR count). The van der Waals surface area contributed by atoms with Crippen LogP contribution in [0, 0.1) is 0 Å². The monoisotopic (exact) mass is 265 g/mol. The molecule has 1 N–H and O–H groups in total. The van der Waals surface area contributed by atoms with Crippen LogP contribution in [0.1, 0.15) is 51.9 Å². The van der Waals surface area contributed by atoms with Crippen molar-refractivity contribution in [3.05, 3.63) is 0 Å². The topological polar surface area (TPSA) is 18.5 Å². The van der Waals surface area contributed by atoms with E-state index in [2.05, 4.69) is 29.1 Å². The van der Waals surface area contributed by atoms with Crippen molar-refractivity contribution in [2.75, 3.05) is 33.2 Å². The summed E-state index contributed by atoms with van der Waals surface area (Å²) in [7, 11) is 2.29. The zero-order valence-electron chi connectivity index (χ0n) is 12.8. The van der Waals surface area contributed by atoms with Gasteiger partial charge in [0.2, 0.25) is 0 Å². The van der Waals surface area contributed by atoms with Crippen molar-refractivity contribution < 1.29 is 0 Å². The summed E-state index contributed by atoms with van der Waals surface area (Å²) in [6, 6.07) is 1.51. The maximum atomic E-state index is 3.91. The predicted molar refractivity (Wildman–Crippen MR) is 80.5 cm³/mol. The van der Waals surface area contributed by atoms with E-state index in [1.165, 1.54) is 71.1 Å². The Balaban J connectivity index is 1.68. The molecule has 3 nitrogen and oxygen atoms in total. The van der Waals surface area contributed by atoms with Gasteiger partial charge in [-0.3, -0.25) is 4.90 Å². The van der Waals surface area contributed by atoms with Crippen molar-refractivity contribution >= 4 is 0 Å². The van der Waals surface area contributed by atoms with Crippen LogP contribution in [0.15, 0.2) is 0 Å². The third-order valence-electron chi connectivity index (χ3n) is 5.70. The van der Waals surface area contributed by atoms with Crippen LogP contribution in [0.4, 0.5) is 0 Å². The van der Waals surface area contributed by atoms with Gasteiger partial charge in [0.25, 0.3) is 0 Å². The van der Waals surface area contributed by atoms with Crippen LogP contribution in [-0.2, 0) is 0 Å². The third kappa shape index (κ3) is 2.98. The van der Waals surface area contributed by atoms with Gasteiger partial charge in [0.1, 0.15) is 0 Å². The van der Waals surface area contributed by atoms with Gasteiger partial charge in [-0.1, -0.05) is 19.3 Å². The van der Waals surface area contributed by atoms with Crippen LogP contribution >= 0.6 is 0 Å². The minimum absolute atomic E-state index is 0.459. The van der Waals surface area contributed by atoms with Crippen molar-refractivity contribution in [3.63, 3.8) is 0 Å². The van der Waals surface area contributed by atoms with Crippen LogP contribution in [0.3, 0.4) is 0 Å². The molecule has 3 heteroatoms. The zero-order chi connectivity index (χ0) is 13.3. The third-order valence-corrected chi connectivity index (χ3v) is 5.70. The highest BCUT2D eigenvalue weighted by atomic mass is 15.3. The zero-order valence-corrected chi connectivity index (χ0v) is 12.8. The van der Waals surface area contributed by atoms with Crippen LogP contribution in [-0.4, -0.2) is 60.6 Å². The van der Waals surface area contributed by atoms with E-state index in [0.717, 1.165) is 6.04 Å². The molecule has 0 amide bonds. The maximum Gasteiger partial charge on any atom is 0.0309 e. The van der Waals surface area contributed by atoms with Crippen molar-refractivity contribution in [2.24, 2.45) is 0 Å². The molecule has 2 unspecified atom stereocenters. The molecule has 1 spiro atoms. The fourth-order valence-electron chi connectivity index (χ4n) is 4.50. The Morgan fingerprint density at radius 1 is 1.11 bits per heavy atom. The van der Waals surface area contributed by atoms with Gasteiger partial charge >= 0.3 is 0 Å². The van der Waals surface area contributed by atoms with E-state index in [9.17, 15) is 0 Å². The average molecular weight is 265 g/mol. The predicted octanol–water partition coefficient (Wildman–Crippen LogP) is 2.08. The first kappa shape index (κ1) is 13.8. The van der Waals surface area contributed by atoms with Gasteiger partial charge in [-0.25, -0.2) is 0 Å². The number of likely N-dealkylation sites (tertiary alicyclic amines) is 1. The Morgan fingerprint density at radius 3 is 2.63 bits per heavy atom. The van der Waals surface area contributed by atoms with E-state index in [0.29, 0.717) is 11.6 Å².